The summed E-state index contributed by atoms with van der Waals surface area (Å²) in [7, 11) is 0. The maximum atomic E-state index is 11.3. The van der Waals surface area contributed by atoms with Crippen LogP contribution in [-0.4, -0.2) is 25.7 Å². The van der Waals surface area contributed by atoms with Crippen LogP contribution in [0, 0.1) is 56.7 Å². The predicted molar refractivity (Wildman–Crippen MR) is 142 cm³/mol. The summed E-state index contributed by atoms with van der Waals surface area (Å²) in [6.07, 6.45) is 12.0. The van der Waals surface area contributed by atoms with Crippen molar-refractivity contribution in [1.29, 1.82) is 0 Å². The predicted octanol–water partition coefficient (Wildman–Crippen LogP) is 7.36. The Labute approximate surface area is 219 Å². The summed E-state index contributed by atoms with van der Waals surface area (Å²) >= 11 is 0. The van der Waals surface area contributed by atoms with Crippen molar-refractivity contribution >= 4 is 12.9 Å². The molecule has 4 nitrogen and oxygen atoms in total. The third kappa shape index (κ3) is 3.30. The van der Waals surface area contributed by atoms with E-state index in [2.05, 4.69) is 48.1 Å². The summed E-state index contributed by atoms with van der Waals surface area (Å²) in [6.45, 7) is 21.2. The van der Waals surface area contributed by atoms with E-state index in [4.69, 9.17) is 9.47 Å². The molecule has 0 amide bonds. The number of ether oxygens (including phenoxy) is 2. The van der Waals surface area contributed by atoms with Gasteiger partial charge in [0.05, 0.1) is 6.61 Å². The quantitative estimate of drug-likeness (QED) is 0.284. The third-order valence-corrected chi connectivity index (χ3v) is 13.8. The highest BCUT2D eigenvalue weighted by atomic mass is 16.5. The molecule has 0 spiro atoms. The van der Waals surface area contributed by atoms with Crippen molar-refractivity contribution in [2.45, 2.75) is 112 Å². The Morgan fingerprint density at radius 1 is 0.833 bits per heavy atom. The van der Waals surface area contributed by atoms with Gasteiger partial charge < -0.3 is 9.47 Å². The van der Waals surface area contributed by atoms with Crippen LogP contribution in [0.2, 0.25) is 0 Å². The number of carbonyl (C=O) groups excluding carboxylic acids is 2. The van der Waals surface area contributed by atoms with Gasteiger partial charge in [-0.2, -0.15) is 0 Å². The van der Waals surface area contributed by atoms with Gasteiger partial charge in [0.1, 0.15) is 6.10 Å². The van der Waals surface area contributed by atoms with Crippen LogP contribution in [0.25, 0.3) is 0 Å². The molecule has 0 radical (unpaired) electrons. The summed E-state index contributed by atoms with van der Waals surface area (Å²) in [5, 5.41) is 0. The molecule has 0 aromatic carbocycles. The number of carbonyl (C=O) groups is 2. The fraction of sp³-hybridized carbons (Fsp3) is 0.875. The molecular formula is C32H50O4. The minimum atomic E-state index is 0.0113. The summed E-state index contributed by atoms with van der Waals surface area (Å²) in [5.74, 6) is 3.07. The number of hydrogen-bond donors (Lipinski definition) is 0. The third-order valence-electron chi connectivity index (χ3n) is 13.8. The average molecular weight is 499 g/mol. The highest BCUT2D eigenvalue weighted by Gasteiger charge is 2.71. The fourth-order valence-electron chi connectivity index (χ4n) is 12.0. The van der Waals surface area contributed by atoms with Crippen molar-refractivity contribution < 1.29 is 19.1 Å². The zero-order chi connectivity index (χ0) is 26.1. The molecule has 5 saturated carbocycles. The Balaban J connectivity index is 1.51. The molecule has 4 heteroatoms. The lowest BCUT2D eigenvalue weighted by Crippen LogP contribution is -2.67. The lowest BCUT2D eigenvalue weighted by Gasteiger charge is -2.73. The molecule has 5 aliphatic carbocycles. The van der Waals surface area contributed by atoms with Gasteiger partial charge in [-0.1, -0.05) is 46.8 Å². The van der Waals surface area contributed by atoms with Crippen molar-refractivity contribution in [3.63, 3.8) is 0 Å². The first-order valence-electron chi connectivity index (χ1n) is 14.7. The summed E-state index contributed by atoms with van der Waals surface area (Å²) in [4.78, 5) is 22.5. The van der Waals surface area contributed by atoms with Crippen LogP contribution in [0.1, 0.15) is 106 Å². The molecule has 0 aliphatic heterocycles. The van der Waals surface area contributed by atoms with E-state index in [1.807, 2.05) is 0 Å². The second kappa shape index (κ2) is 8.60. The Kier molecular flexibility index (Phi) is 6.28. The molecule has 0 N–H and O–H groups in total. The van der Waals surface area contributed by atoms with E-state index in [0.717, 1.165) is 12.8 Å². The van der Waals surface area contributed by atoms with E-state index < -0.39 is 0 Å². The summed E-state index contributed by atoms with van der Waals surface area (Å²) < 4.78 is 11.2. The molecule has 5 fully saturated rings. The normalized spacial score (nSPS) is 51.1. The molecule has 0 aromatic rings. The fourth-order valence-corrected chi connectivity index (χ4v) is 12.0. The van der Waals surface area contributed by atoms with Gasteiger partial charge in [-0.15, -0.1) is 0 Å². The largest absolute Gasteiger partial charge is 0.467 e. The molecule has 0 heterocycles. The Bertz CT molecular complexity index is 910. The topological polar surface area (TPSA) is 52.6 Å². The number of fused-ring (bicyclic) bond motifs is 7. The highest BCUT2D eigenvalue weighted by molar-refractivity contribution is 5.38. The van der Waals surface area contributed by atoms with E-state index in [1.54, 1.807) is 0 Å². The maximum Gasteiger partial charge on any atom is 0.293 e. The van der Waals surface area contributed by atoms with Gasteiger partial charge in [-0.05, 0) is 117 Å². The molecule has 10 atom stereocenters. The first-order chi connectivity index (χ1) is 16.9. The molecular weight excluding hydrogens is 448 g/mol. The smallest absolute Gasteiger partial charge is 0.293 e. The lowest BCUT2D eigenvalue weighted by atomic mass is 9.32. The van der Waals surface area contributed by atoms with Gasteiger partial charge >= 0.3 is 0 Å². The van der Waals surface area contributed by atoms with Gasteiger partial charge in [0.2, 0.25) is 0 Å². The monoisotopic (exact) mass is 498 g/mol. The Morgan fingerprint density at radius 2 is 1.58 bits per heavy atom. The van der Waals surface area contributed by atoms with E-state index in [0.29, 0.717) is 54.6 Å². The van der Waals surface area contributed by atoms with Crippen molar-refractivity contribution in [3.8, 4) is 0 Å². The molecule has 202 valence electrons. The molecule has 5 aliphatic rings. The second-order valence-corrected chi connectivity index (χ2v) is 15.0. The Morgan fingerprint density at radius 3 is 2.25 bits per heavy atom. The zero-order valence-corrected chi connectivity index (χ0v) is 23.7. The summed E-state index contributed by atoms with van der Waals surface area (Å²) in [6, 6.07) is 0. The lowest BCUT2D eigenvalue weighted by molar-refractivity contribution is -0.250. The average Bonchev–Trinajstić information content (AvgIpc) is 3.20. The van der Waals surface area contributed by atoms with Gasteiger partial charge in [-0.3, -0.25) is 9.59 Å². The standard InChI is InChI=1S/C32H50O4/c1-21(2)22-10-15-32(18-35-19-33)17-16-30(6)23(27(22)32)8-9-25-29(5)13-12-26(36-20-34)28(3,4)24(29)11-14-31(25,30)7/h19-20,22-27H,1,8-18H2,2-7H3/t22-,23+,24-,25+,26-,27+,29-,30+,31+,32+/m0/s1. The van der Waals surface area contributed by atoms with Crippen LogP contribution < -0.4 is 0 Å². The van der Waals surface area contributed by atoms with Crippen LogP contribution >= 0.6 is 0 Å². The SMILES string of the molecule is C=C(C)[C@@H]1CC[C@]2(COC=O)CC[C@]3(C)[C@H](CC[C@@H]4[C@@]5(C)CC[C@H](OC=O)C(C)(C)[C@@H]5CC[C@]43C)[C@@H]12. The summed E-state index contributed by atoms with van der Waals surface area (Å²) in [5.41, 5.74) is 2.34. The van der Waals surface area contributed by atoms with Crippen molar-refractivity contribution in [2.24, 2.45) is 56.7 Å². The van der Waals surface area contributed by atoms with E-state index in [1.165, 1.54) is 56.9 Å². The number of rotatable bonds is 6. The van der Waals surface area contributed by atoms with Gasteiger partial charge in [0, 0.05) is 10.8 Å². The second-order valence-electron chi connectivity index (χ2n) is 15.0. The van der Waals surface area contributed by atoms with Gasteiger partial charge in [0.15, 0.2) is 0 Å². The molecule has 0 bridgehead atoms. The molecule has 36 heavy (non-hydrogen) atoms. The van der Waals surface area contributed by atoms with Crippen molar-refractivity contribution in [2.75, 3.05) is 6.61 Å². The van der Waals surface area contributed by atoms with Crippen LogP contribution in [0.3, 0.4) is 0 Å². The van der Waals surface area contributed by atoms with Crippen LogP contribution in [-0.2, 0) is 19.1 Å². The molecule has 0 saturated heterocycles. The van der Waals surface area contributed by atoms with Crippen molar-refractivity contribution in [3.05, 3.63) is 12.2 Å². The van der Waals surface area contributed by atoms with Crippen molar-refractivity contribution in [1.82, 2.24) is 0 Å². The minimum Gasteiger partial charge on any atom is -0.467 e. The minimum absolute atomic E-state index is 0.0113. The van der Waals surface area contributed by atoms with Crippen LogP contribution in [0.4, 0.5) is 0 Å². The highest BCUT2D eigenvalue weighted by Crippen LogP contribution is 2.77. The van der Waals surface area contributed by atoms with E-state index in [-0.39, 0.29) is 27.8 Å². The van der Waals surface area contributed by atoms with Crippen LogP contribution in [0.5, 0.6) is 0 Å². The zero-order valence-electron chi connectivity index (χ0n) is 23.7. The van der Waals surface area contributed by atoms with E-state index in [9.17, 15) is 9.59 Å². The van der Waals surface area contributed by atoms with E-state index >= 15 is 0 Å². The first-order valence-corrected chi connectivity index (χ1v) is 14.7. The first kappa shape index (κ1) is 26.3. The van der Waals surface area contributed by atoms with Crippen LogP contribution in [0.15, 0.2) is 12.2 Å². The number of hydrogen-bond acceptors (Lipinski definition) is 4. The van der Waals surface area contributed by atoms with Gasteiger partial charge in [0.25, 0.3) is 12.9 Å². The number of allylic oxidation sites excluding steroid dienone is 1. The molecule has 0 unspecified atom stereocenters. The maximum absolute atomic E-state index is 11.3. The molecule has 5 rings (SSSR count). The van der Waals surface area contributed by atoms with Gasteiger partial charge in [-0.25, -0.2) is 0 Å². The molecule has 0 aromatic heterocycles. The Hall–Kier alpha value is -1.32.